The van der Waals surface area contributed by atoms with E-state index >= 15 is 0 Å². The van der Waals surface area contributed by atoms with Crippen LogP contribution in [0.3, 0.4) is 0 Å². The highest BCUT2D eigenvalue weighted by Gasteiger charge is 2.36. The second kappa shape index (κ2) is 6.16. The molecule has 1 heterocycles. The van der Waals surface area contributed by atoms with E-state index in [1.165, 1.54) is 24.3 Å². The third kappa shape index (κ3) is 3.52. The minimum Gasteiger partial charge on any atom is -0.280 e. The van der Waals surface area contributed by atoms with Gasteiger partial charge >= 0.3 is 0 Å². The van der Waals surface area contributed by atoms with Crippen molar-refractivity contribution in [3.8, 4) is 0 Å². The third-order valence-electron chi connectivity index (χ3n) is 3.76. The summed E-state index contributed by atoms with van der Waals surface area (Å²) in [5.74, 6) is -0.755. The molecule has 0 aromatic heterocycles. The fraction of sp³-hybridized carbons (Fsp3) is 0.188. The van der Waals surface area contributed by atoms with Crippen molar-refractivity contribution in [2.75, 3.05) is 14.8 Å². The van der Waals surface area contributed by atoms with Crippen LogP contribution in [0.4, 0.5) is 11.4 Å². The van der Waals surface area contributed by atoms with Crippen LogP contribution in [0.25, 0.3) is 0 Å². The number of nitrogens with zero attached hydrogens (tertiary/aromatic N) is 1. The van der Waals surface area contributed by atoms with Crippen molar-refractivity contribution in [1.82, 2.24) is 0 Å². The van der Waals surface area contributed by atoms with Gasteiger partial charge in [-0.3, -0.25) is 9.52 Å². The average Bonchev–Trinajstić information content (AvgIpc) is 2.83. The van der Waals surface area contributed by atoms with Crippen molar-refractivity contribution in [3.63, 3.8) is 0 Å². The smallest absolute Gasteiger partial charge is 0.261 e. The number of hydrogen-bond acceptors (Lipinski definition) is 5. The number of carbonyl (C=O) groups excluding carboxylic acids is 1. The number of nitrogens with one attached hydrogen (secondary N) is 1. The molecule has 1 aliphatic rings. The Bertz CT molecular complexity index is 1010. The monoisotopic (exact) mass is 380 g/mol. The second-order valence-corrected chi connectivity index (χ2v) is 9.31. The summed E-state index contributed by atoms with van der Waals surface area (Å²) in [6.07, 6.45) is -0.0721. The number of aryl methyl sites for hydroxylation is 1. The van der Waals surface area contributed by atoms with Gasteiger partial charge in [0.25, 0.3) is 10.0 Å². The zero-order valence-corrected chi connectivity index (χ0v) is 15.0. The first kappa shape index (κ1) is 17.4. The van der Waals surface area contributed by atoms with E-state index in [2.05, 4.69) is 4.72 Å². The molecule has 7 nitrogen and oxygen atoms in total. The third-order valence-corrected chi connectivity index (χ3v) is 6.85. The van der Waals surface area contributed by atoms with Crippen LogP contribution in [0.5, 0.6) is 0 Å². The van der Waals surface area contributed by atoms with Gasteiger partial charge in [0.2, 0.25) is 15.9 Å². The predicted octanol–water partition coefficient (Wildman–Crippen LogP) is 1.86. The van der Waals surface area contributed by atoms with E-state index in [0.29, 0.717) is 5.69 Å². The number of benzene rings is 2. The summed E-state index contributed by atoms with van der Waals surface area (Å²) < 4.78 is 51.8. The largest absolute Gasteiger partial charge is 0.280 e. The van der Waals surface area contributed by atoms with Crippen molar-refractivity contribution < 1.29 is 21.6 Å². The molecule has 0 unspecified atom stereocenters. The summed E-state index contributed by atoms with van der Waals surface area (Å²) in [6.45, 7) is 1.89. The van der Waals surface area contributed by atoms with Crippen LogP contribution in [0, 0.1) is 6.92 Å². The summed E-state index contributed by atoms with van der Waals surface area (Å²) >= 11 is 0. The fourth-order valence-electron chi connectivity index (χ4n) is 2.47. The van der Waals surface area contributed by atoms with Gasteiger partial charge in [-0.25, -0.2) is 21.1 Å². The van der Waals surface area contributed by atoms with Crippen LogP contribution in [0.1, 0.15) is 12.0 Å². The molecule has 2 aromatic rings. The quantitative estimate of drug-likeness (QED) is 0.873. The van der Waals surface area contributed by atoms with E-state index in [0.717, 1.165) is 9.87 Å². The van der Waals surface area contributed by atoms with Gasteiger partial charge in [0.1, 0.15) is 0 Å². The molecule has 0 aliphatic carbocycles. The maximum absolute atomic E-state index is 12.4. The van der Waals surface area contributed by atoms with Crippen molar-refractivity contribution in [3.05, 3.63) is 54.1 Å². The van der Waals surface area contributed by atoms with E-state index in [1.54, 1.807) is 24.3 Å². The highest BCUT2D eigenvalue weighted by atomic mass is 32.2. The highest BCUT2D eigenvalue weighted by molar-refractivity contribution is 7.94. The van der Waals surface area contributed by atoms with Crippen LogP contribution >= 0.6 is 0 Å². The first-order valence-corrected chi connectivity index (χ1v) is 10.5. The lowest BCUT2D eigenvalue weighted by Gasteiger charge is -2.15. The minimum atomic E-state index is -3.81. The number of rotatable bonds is 4. The molecule has 132 valence electrons. The van der Waals surface area contributed by atoms with Gasteiger partial charge in [0, 0.05) is 12.1 Å². The number of carbonyl (C=O) groups is 1. The molecule has 1 saturated heterocycles. The molecular formula is C16H16N2O5S2. The van der Waals surface area contributed by atoms with Gasteiger partial charge in [-0.15, -0.1) is 0 Å². The Balaban J connectivity index is 1.86. The van der Waals surface area contributed by atoms with Crippen LogP contribution in [0.15, 0.2) is 53.4 Å². The topological polar surface area (TPSA) is 101 Å². The molecule has 0 bridgehead atoms. The zero-order chi connectivity index (χ0) is 18.2. The van der Waals surface area contributed by atoms with E-state index in [9.17, 15) is 21.6 Å². The van der Waals surface area contributed by atoms with Crippen LogP contribution in [-0.4, -0.2) is 28.5 Å². The van der Waals surface area contributed by atoms with Gasteiger partial charge in [0.05, 0.1) is 16.3 Å². The summed E-state index contributed by atoms with van der Waals surface area (Å²) in [4.78, 5) is 11.7. The van der Waals surface area contributed by atoms with Crippen molar-refractivity contribution in [2.45, 2.75) is 18.2 Å². The molecule has 25 heavy (non-hydrogen) atoms. The molecule has 1 N–H and O–H groups in total. The molecule has 3 rings (SSSR count). The van der Waals surface area contributed by atoms with Gasteiger partial charge in [0.15, 0.2) is 0 Å². The highest BCUT2D eigenvalue weighted by Crippen LogP contribution is 2.26. The van der Waals surface area contributed by atoms with Crippen molar-refractivity contribution in [1.29, 1.82) is 0 Å². The van der Waals surface area contributed by atoms with Crippen molar-refractivity contribution >= 4 is 37.3 Å². The zero-order valence-electron chi connectivity index (χ0n) is 13.3. The van der Waals surface area contributed by atoms with Crippen LogP contribution in [0.2, 0.25) is 0 Å². The lowest BCUT2D eigenvalue weighted by atomic mass is 10.2. The summed E-state index contributed by atoms with van der Waals surface area (Å²) in [5.41, 5.74) is 1.56. The first-order chi connectivity index (χ1) is 11.7. The van der Waals surface area contributed by atoms with Crippen molar-refractivity contribution in [2.24, 2.45) is 0 Å². The van der Waals surface area contributed by atoms with Gasteiger partial charge in [-0.1, -0.05) is 17.7 Å². The van der Waals surface area contributed by atoms with E-state index in [4.69, 9.17) is 0 Å². The lowest BCUT2D eigenvalue weighted by molar-refractivity contribution is -0.116. The summed E-state index contributed by atoms with van der Waals surface area (Å²) in [6, 6.07) is 12.0. The summed E-state index contributed by atoms with van der Waals surface area (Å²) in [5, 5.41) is 0. The molecule has 1 aliphatic heterocycles. The minimum absolute atomic E-state index is 0.0270. The Morgan fingerprint density at radius 2 is 1.60 bits per heavy atom. The molecular weight excluding hydrogens is 364 g/mol. The van der Waals surface area contributed by atoms with Gasteiger partial charge in [-0.2, -0.15) is 0 Å². The molecule has 2 aromatic carbocycles. The maximum atomic E-state index is 12.4. The average molecular weight is 380 g/mol. The predicted molar refractivity (Wildman–Crippen MR) is 94.3 cm³/mol. The molecule has 0 radical (unpaired) electrons. The SMILES string of the molecule is Cc1ccc(NS(=O)(=O)c2ccc(N3C(=O)CCS3(=O)=O)cc2)cc1. The number of sulfonamides is 2. The fourth-order valence-corrected chi connectivity index (χ4v) is 4.98. The maximum Gasteiger partial charge on any atom is 0.261 e. The summed E-state index contributed by atoms with van der Waals surface area (Å²) in [7, 11) is -7.48. The Morgan fingerprint density at radius 3 is 2.12 bits per heavy atom. The van der Waals surface area contributed by atoms with Gasteiger partial charge in [-0.05, 0) is 43.3 Å². The molecule has 1 fully saturated rings. The molecule has 0 spiro atoms. The molecule has 0 saturated carbocycles. The van der Waals surface area contributed by atoms with Gasteiger partial charge < -0.3 is 0 Å². The molecule has 0 atom stereocenters. The number of hydrogen-bond donors (Lipinski definition) is 1. The normalized spacial score (nSPS) is 16.8. The Hall–Kier alpha value is -2.39. The molecule has 1 amide bonds. The number of amides is 1. The van der Waals surface area contributed by atoms with Crippen LogP contribution < -0.4 is 9.03 Å². The Labute approximate surface area is 146 Å². The van der Waals surface area contributed by atoms with E-state index in [1.807, 2.05) is 6.92 Å². The second-order valence-electron chi connectivity index (χ2n) is 5.69. The van der Waals surface area contributed by atoms with E-state index in [-0.39, 0.29) is 22.8 Å². The Kier molecular flexibility index (Phi) is 4.29. The standard InChI is InChI=1S/C16H16N2O5S2/c1-12-2-4-13(5-3-12)17-25(22,23)15-8-6-14(7-9-15)18-16(19)10-11-24(18,20)21/h2-9,17H,10-11H2,1H3. The Morgan fingerprint density at radius 1 is 1.00 bits per heavy atom. The van der Waals surface area contributed by atoms with Crippen LogP contribution in [-0.2, 0) is 24.8 Å². The van der Waals surface area contributed by atoms with E-state index < -0.39 is 26.0 Å². The number of anilines is 2. The first-order valence-electron chi connectivity index (χ1n) is 7.44. The molecule has 9 heteroatoms. The lowest BCUT2D eigenvalue weighted by Crippen LogP contribution is -2.29.